The maximum absolute atomic E-state index is 11.7. The van der Waals surface area contributed by atoms with E-state index in [1.807, 2.05) is 6.26 Å². The lowest BCUT2D eigenvalue weighted by molar-refractivity contribution is -0.308. The lowest BCUT2D eigenvalue weighted by Gasteiger charge is -2.19. The van der Waals surface area contributed by atoms with E-state index >= 15 is 0 Å². The molecule has 1 amide bonds. The number of nitrogens with one attached hydrogen (secondary N) is 1. The van der Waals surface area contributed by atoms with Crippen molar-refractivity contribution < 1.29 is 14.7 Å². The predicted molar refractivity (Wildman–Crippen MR) is 65.7 cm³/mol. The summed E-state index contributed by atoms with van der Waals surface area (Å²) in [5.41, 5.74) is 0.447. The first kappa shape index (κ1) is 13.6. The molecule has 1 aromatic carbocycles. The summed E-state index contributed by atoms with van der Waals surface area (Å²) < 4.78 is 0. The second kappa shape index (κ2) is 6.96. The second-order valence-corrected chi connectivity index (χ2v) is 4.48. The molecule has 0 saturated carbocycles. The molecule has 1 atom stereocenters. The summed E-state index contributed by atoms with van der Waals surface area (Å²) in [7, 11) is 0. The molecular weight excluding hydrogens is 238 g/mol. The summed E-state index contributed by atoms with van der Waals surface area (Å²) in [6.07, 6.45) is 2.24. The van der Waals surface area contributed by atoms with Crippen molar-refractivity contribution in [1.82, 2.24) is 5.32 Å². The SMILES string of the molecule is CSCCC(NC(=O)c1ccccc1)C(=O)[O-]. The number of carbonyl (C=O) groups excluding carboxylic acids is 2. The van der Waals surface area contributed by atoms with Crippen LogP contribution in [-0.4, -0.2) is 29.9 Å². The fourth-order valence-electron chi connectivity index (χ4n) is 1.32. The Morgan fingerprint density at radius 2 is 2.00 bits per heavy atom. The molecule has 1 N–H and O–H groups in total. The molecule has 0 aliphatic heterocycles. The first-order chi connectivity index (χ1) is 8.15. The molecule has 0 saturated heterocycles. The Bertz CT molecular complexity index is 381. The number of thioether (sulfide) groups is 1. The molecule has 0 aromatic heterocycles. The Hall–Kier alpha value is -1.49. The third-order valence-electron chi connectivity index (χ3n) is 2.24. The molecule has 1 rings (SSSR count). The monoisotopic (exact) mass is 252 g/mol. The van der Waals surface area contributed by atoms with Crippen LogP contribution in [0.4, 0.5) is 0 Å². The zero-order valence-electron chi connectivity index (χ0n) is 9.51. The minimum absolute atomic E-state index is 0.363. The maximum Gasteiger partial charge on any atom is 0.251 e. The molecule has 0 fully saturated rings. The van der Waals surface area contributed by atoms with Gasteiger partial charge in [-0.2, -0.15) is 11.8 Å². The van der Waals surface area contributed by atoms with Crippen molar-refractivity contribution in [3.63, 3.8) is 0 Å². The summed E-state index contributed by atoms with van der Waals surface area (Å²) in [6, 6.07) is 7.58. The van der Waals surface area contributed by atoms with Gasteiger partial charge in [0.05, 0.1) is 12.0 Å². The number of carboxylic acids is 1. The van der Waals surface area contributed by atoms with Crippen LogP contribution in [0.25, 0.3) is 0 Å². The van der Waals surface area contributed by atoms with Gasteiger partial charge in [0.1, 0.15) is 0 Å². The molecule has 4 nitrogen and oxygen atoms in total. The van der Waals surface area contributed by atoms with E-state index in [1.54, 1.807) is 30.3 Å². The van der Waals surface area contributed by atoms with Crippen LogP contribution in [0.15, 0.2) is 30.3 Å². The van der Waals surface area contributed by atoms with Crippen molar-refractivity contribution in [1.29, 1.82) is 0 Å². The zero-order chi connectivity index (χ0) is 12.7. The summed E-state index contributed by atoms with van der Waals surface area (Å²) in [5.74, 6) is -0.975. The van der Waals surface area contributed by atoms with Crippen LogP contribution >= 0.6 is 11.8 Å². The van der Waals surface area contributed by atoms with Gasteiger partial charge in [-0.3, -0.25) is 4.79 Å². The molecule has 0 radical (unpaired) electrons. The van der Waals surface area contributed by atoms with Crippen molar-refractivity contribution in [3.05, 3.63) is 35.9 Å². The number of amides is 1. The van der Waals surface area contributed by atoms with Gasteiger partial charge in [0.25, 0.3) is 5.91 Å². The van der Waals surface area contributed by atoms with Crippen LogP contribution in [0.1, 0.15) is 16.8 Å². The number of hydrogen-bond acceptors (Lipinski definition) is 4. The highest BCUT2D eigenvalue weighted by Gasteiger charge is 2.13. The van der Waals surface area contributed by atoms with E-state index < -0.39 is 12.0 Å². The van der Waals surface area contributed by atoms with Crippen LogP contribution in [0.3, 0.4) is 0 Å². The van der Waals surface area contributed by atoms with Gasteiger partial charge in [0.15, 0.2) is 0 Å². The van der Waals surface area contributed by atoms with Gasteiger partial charge in [-0.25, -0.2) is 0 Å². The van der Waals surface area contributed by atoms with E-state index in [4.69, 9.17) is 0 Å². The number of hydrogen-bond donors (Lipinski definition) is 1. The standard InChI is InChI=1S/C12H15NO3S/c1-17-8-7-10(12(15)16)13-11(14)9-5-3-2-4-6-9/h2-6,10H,7-8H2,1H3,(H,13,14)(H,15,16)/p-1. The number of aliphatic carboxylic acids is 1. The van der Waals surface area contributed by atoms with Gasteiger partial charge >= 0.3 is 0 Å². The highest BCUT2D eigenvalue weighted by molar-refractivity contribution is 7.98. The largest absolute Gasteiger partial charge is 0.548 e. The van der Waals surface area contributed by atoms with Crippen molar-refractivity contribution in [2.24, 2.45) is 0 Å². The maximum atomic E-state index is 11.7. The zero-order valence-corrected chi connectivity index (χ0v) is 10.3. The molecule has 0 aliphatic carbocycles. The lowest BCUT2D eigenvalue weighted by atomic mass is 10.1. The van der Waals surface area contributed by atoms with Crippen LogP contribution in [0.5, 0.6) is 0 Å². The van der Waals surface area contributed by atoms with Crippen molar-refractivity contribution in [2.75, 3.05) is 12.0 Å². The Morgan fingerprint density at radius 3 is 2.53 bits per heavy atom. The first-order valence-electron chi connectivity index (χ1n) is 5.21. The molecule has 0 spiro atoms. The lowest BCUT2D eigenvalue weighted by Crippen LogP contribution is -2.48. The van der Waals surface area contributed by atoms with Gasteiger partial charge in [-0.05, 0) is 30.6 Å². The van der Waals surface area contributed by atoms with Gasteiger partial charge in [0.2, 0.25) is 0 Å². The van der Waals surface area contributed by atoms with E-state index in [-0.39, 0.29) is 5.91 Å². The third-order valence-corrected chi connectivity index (χ3v) is 2.88. The van der Waals surface area contributed by atoms with E-state index in [0.717, 1.165) is 0 Å². The topological polar surface area (TPSA) is 69.2 Å². The first-order valence-corrected chi connectivity index (χ1v) is 6.60. The Morgan fingerprint density at radius 1 is 1.35 bits per heavy atom. The van der Waals surface area contributed by atoms with Gasteiger partial charge in [-0.15, -0.1) is 0 Å². The number of benzene rings is 1. The highest BCUT2D eigenvalue weighted by atomic mass is 32.2. The Balaban J connectivity index is 2.61. The average Bonchev–Trinajstić information content (AvgIpc) is 2.35. The molecular formula is C12H14NO3S-. The van der Waals surface area contributed by atoms with E-state index in [1.165, 1.54) is 11.8 Å². The van der Waals surface area contributed by atoms with Crippen LogP contribution < -0.4 is 10.4 Å². The summed E-state index contributed by atoms with van der Waals surface area (Å²) in [5, 5.41) is 13.3. The Kier molecular flexibility index (Phi) is 5.56. The Labute approximate surface area is 104 Å². The van der Waals surface area contributed by atoms with Crippen LogP contribution in [-0.2, 0) is 4.79 Å². The van der Waals surface area contributed by atoms with E-state index in [0.29, 0.717) is 17.7 Å². The summed E-state index contributed by atoms with van der Waals surface area (Å²) in [6.45, 7) is 0. The molecule has 5 heteroatoms. The third kappa shape index (κ3) is 4.48. The fraction of sp³-hybridized carbons (Fsp3) is 0.333. The van der Waals surface area contributed by atoms with Crippen LogP contribution in [0.2, 0.25) is 0 Å². The van der Waals surface area contributed by atoms with Gasteiger partial charge in [0, 0.05) is 5.56 Å². The highest BCUT2D eigenvalue weighted by Crippen LogP contribution is 2.03. The van der Waals surface area contributed by atoms with Gasteiger partial charge in [-0.1, -0.05) is 18.2 Å². The van der Waals surface area contributed by atoms with Crippen molar-refractivity contribution in [3.8, 4) is 0 Å². The molecule has 0 aliphatic rings. The minimum Gasteiger partial charge on any atom is -0.548 e. The van der Waals surface area contributed by atoms with Gasteiger partial charge < -0.3 is 15.2 Å². The summed E-state index contributed by atoms with van der Waals surface area (Å²) >= 11 is 1.53. The quantitative estimate of drug-likeness (QED) is 0.790. The molecule has 17 heavy (non-hydrogen) atoms. The molecule has 1 aromatic rings. The minimum atomic E-state index is -1.25. The van der Waals surface area contributed by atoms with E-state index in [2.05, 4.69) is 5.32 Å². The number of carboxylic acid groups (broad SMARTS) is 1. The summed E-state index contributed by atoms with van der Waals surface area (Å²) in [4.78, 5) is 22.6. The number of carbonyl (C=O) groups is 2. The normalized spacial score (nSPS) is 11.8. The predicted octanol–water partition coefficient (Wildman–Crippen LogP) is 0.288. The number of rotatable bonds is 6. The molecule has 0 bridgehead atoms. The van der Waals surface area contributed by atoms with Crippen molar-refractivity contribution >= 4 is 23.6 Å². The van der Waals surface area contributed by atoms with Crippen molar-refractivity contribution in [2.45, 2.75) is 12.5 Å². The average molecular weight is 252 g/mol. The second-order valence-electron chi connectivity index (χ2n) is 3.49. The van der Waals surface area contributed by atoms with Crippen LogP contribution in [0, 0.1) is 0 Å². The smallest absolute Gasteiger partial charge is 0.251 e. The molecule has 0 heterocycles. The molecule has 1 unspecified atom stereocenters. The fourth-order valence-corrected chi connectivity index (χ4v) is 1.79. The molecule has 92 valence electrons. The van der Waals surface area contributed by atoms with E-state index in [9.17, 15) is 14.7 Å².